The van der Waals surface area contributed by atoms with Crippen molar-refractivity contribution in [3.05, 3.63) is 65.6 Å². The highest BCUT2D eigenvalue weighted by Gasteiger charge is 2.47. The Kier molecular flexibility index (Phi) is 5.41. The van der Waals surface area contributed by atoms with Crippen LogP contribution in [0, 0.1) is 18.7 Å². The van der Waals surface area contributed by atoms with Crippen molar-refractivity contribution in [3.8, 4) is 11.4 Å². The van der Waals surface area contributed by atoms with Gasteiger partial charge in [-0.15, -0.1) is 0 Å². The Morgan fingerprint density at radius 2 is 1.82 bits per heavy atom. The number of fused-ring (bicyclic) bond motifs is 2. The summed E-state index contributed by atoms with van der Waals surface area (Å²) in [5.74, 6) is -0.0835. The number of carbonyl (C=O) groups is 1. The number of nitrogens with one attached hydrogen (secondary N) is 1. The molecule has 5 rings (SSSR count). The van der Waals surface area contributed by atoms with Crippen molar-refractivity contribution in [1.29, 1.82) is 0 Å². The number of alkyl halides is 3. The fraction of sp³-hybridized carbons (Fsp3) is 0.348. The average molecular weight is 472 g/mol. The molecule has 0 spiro atoms. The summed E-state index contributed by atoms with van der Waals surface area (Å²) in [7, 11) is 0. The van der Waals surface area contributed by atoms with Gasteiger partial charge in [-0.2, -0.15) is 13.2 Å². The lowest BCUT2D eigenvalue weighted by atomic mass is 10.0. The van der Waals surface area contributed by atoms with Crippen molar-refractivity contribution >= 4 is 11.7 Å². The minimum absolute atomic E-state index is 0.150. The molecule has 0 radical (unpaired) electrons. The van der Waals surface area contributed by atoms with E-state index < -0.39 is 17.6 Å². The zero-order valence-corrected chi connectivity index (χ0v) is 18.1. The normalized spacial score (nSPS) is 21.7. The summed E-state index contributed by atoms with van der Waals surface area (Å²) >= 11 is 0. The summed E-state index contributed by atoms with van der Waals surface area (Å²) < 4.78 is 51.7. The topological polar surface area (TPSA) is 83.9 Å². The minimum Gasteiger partial charge on any atom is -0.365 e. The molecule has 3 atom stereocenters. The standard InChI is InChI=1S/C23H20F4N6O/c1-12-4-16(21-30-9-15(24)10-31-21)20(29-7-12)22(34)33-11-13-5-17(18(33)6-13)32-19-3-2-14(8-28-19)23(25,26)27/h2-4,7-10,13,17-18H,5-6,11H2,1H3,(H,28,32)/t13-,17-,18+/m1/s1. The van der Waals surface area contributed by atoms with Gasteiger partial charge in [-0.05, 0) is 49.4 Å². The van der Waals surface area contributed by atoms with E-state index in [1.54, 1.807) is 17.2 Å². The van der Waals surface area contributed by atoms with Gasteiger partial charge < -0.3 is 10.2 Å². The van der Waals surface area contributed by atoms with Gasteiger partial charge in [-0.3, -0.25) is 9.78 Å². The molecule has 1 saturated carbocycles. The van der Waals surface area contributed by atoms with E-state index in [2.05, 4.69) is 25.3 Å². The van der Waals surface area contributed by atoms with Crippen LogP contribution >= 0.6 is 0 Å². The number of anilines is 1. The van der Waals surface area contributed by atoms with Crippen LogP contribution in [0.25, 0.3) is 11.4 Å². The Morgan fingerprint density at radius 3 is 2.47 bits per heavy atom. The Morgan fingerprint density at radius 1 is 1.06 bits per heavy atom. The number of hydrogen-bond donors (Lipinski definition) is 1. The maximum Gasteiger partial charge on any atom is 0.417 e. The first-order valence-electron chi connectivity index (χ1n) is 10.7. The second kappa shape index (κ2) is 8.30. The summed E-state index contributed by atoms with van der Waals surface area (Å²) in [5.41, 5.74) is 0.581. The summed E-state index contributed by atoms with van der Waals surface area (Å²) in [6.45, 7) is 2.38. The van der Waals surface area contributed by atoms with Gasteiger partial charge in [0.1, 0.15) is 11.5 Å². The lowest BCUT2D eigenvalue weighted by Gasteiger charge is -2.34. The molecule has 0 aromatic carbocycles. The number of aryl methyl sites for hydroxylation is 1. The van der Waals surface area contributed by atoms with Crippen molar-refractivity contribution in [2.45, 2.75) is 38.0 Å². The number of piperidine rings is 1. The Hall–Kier alpha value is -3.63. The van der Waals surface area contributed by atoms with Crippen LogP contribution in [-0.2, 0) is 6.18 Å². The van der Waals surface area contributed by atoms with Crippen LogP contribution in [0.4, 0.5) is 23.4 Å². The number of pyridine rings is 2. The number of aromatic nitrogens is 4. The highest BCUT2D eigenvalue weighted by molar-refractivity contribution is 5.98. The van der Waals surface area contributed by atoms with Gasteiger partial charge >= 0.3 is 6.18 Å². The van der Waals surface area contributed by atoms with Crippen LogP contribution in [0.3, 0.4) is 0 Å². The van der Waals surface area contributed by atoms with Crippen LogP contribution < -0.4 is 5.32 Å². The Labute approximate surface area is 192 Å². The zero-order chi connectivity index (χ0) is 24.0. The molecular formula is C23H20F4N6O. The third kappa shape index (κ3) is 4.17. The molecule has 7 nitrogen and oxygen atoms in total. The van der Waals surface area contributed by atoms with Crippen molar-refractivity contribution in [3.63, 3.8) is 0 Å². The van der Waals surface area contributed by atoms with Crippen molar-refractivity contribution in [2.75, 3.05) is 11.9 Å². The van der Waals surface area contributed by atoms with E-state index in [-0.39, 0.29) is 35.4 Å². The van der Waals surface area contributed by atoms with Crippen molar-refractivity contribution in [2.24, 2.45) is 5.92 Å². The molecule has 4 heterocycles. The number of amides is 1. The summed E-state index contributed by atoms with van der Waals surface area (Å²) in [6.07, 6.45) is 1.56. The molecule has 2 fully saturated rings. The number of halogens is 4. The monoisotopic (exact) mass is 472 g/mol. The highest BCUT2D eigenvalue weighted by Crippen LogP contribution is 2.40. The molecule has 0 unspecified atom stereocenters. The molecule has 11 heteroatoms. The summed E-state index contributed by atoms with van der Waals surface area (Å²) in [6, 6.07) is 3.71. The first-order valence-corrected chi connectivity index (χ1v) is 10.7. The quantitative estimate of drug-likeness (QED) is 0.576. The molecule has 3 aromatic rings. The molecule has 1 amide bonds. The molecule has 3 aromatic heterocycles. The van der Waals surface area contributed by atoms with Crippen LogP contribution in [0.1, 0.15) is 34.5 Å². The van der Waals surface area contributed by atoms with Gasteiger partial charge in [0.25, 0.3) is 5.91 Å². The molecule has 176 valence electrons. The summed E-state index contributed by atoms with van der Waals surface area (Å²) in [4.78, 5) is 31.5. The predicted molar refractivity (Wildman–Crippen MR) is 114 cm³/mol. The number of rotatable bonds is 4. The van der Waals surface area contributed by atoms with Gasteiger partial charge in [0.15, 0.2) is 11.6 Å². The van der Waals surface area contributed by atoms with E-state index >= 15 is 0 Å². The van der Waals surface area contributed by atoms with Gasteiger partial charge in [-0.1, -0.05) is 0 Å². The lowest BCUT2D eigenvalue weighted by Crippen LogP contribution is -2.48. The van der Waals surface area contributed by atoms with Crippen molar-refractivity contribution in [1.82, 2.24) is 24.8 Å². The third-order valence-electron chi connectivity index (χ3n) is 6.25. The molecule has 1 saturated heterocycles. The lowest BCUT2D eigenvalue weighted by molar-refractivity contribution is -0.137. The fourth-order valence-corrected chi connectivity index (χ4v) is 4.75. The third-order valence-corrected chi connectivity index (χ3v) is 6.25. The number of carbonyl (C=O) groups excluding carboxylic acids is 1. The average Bonchev–Trinajstić information content (AvgIpc) is 3.39. The zero-order valence-electron chi connectivity index (χ0n) is 18.1. The maximum absolute atomic E-state index is 13.5. The van der Waals surface area contributed by atoms with E-state index in [4.69, 9.17) is 0 Å². The summed E-state index contributed by atoms with van der Waals surface area (Å²) in [5, 5.41) is 3.19. The Bertz CT molecular complexity index is 1220. The first-order chi connectivity index (χ1) is 16.2. The van der Waals surface area contributed by atoms with E-state index in [1.807, 2.05) is 6.92 Å². The van der Waals surface area contributed by atoms with Crippen LogP contribution in [0.5, 0.6) is 0 Å². The number of hydrogen-bond acceptors (Lipinski definition) is 6. The first kappa shape index (κ1) is 22.2. The van der Waals surface area contributed by atoms with Gasteiger partial charge in [0, 0.05) is 25.0 Å². The van der Waals surface area contributed by atoms with Gasteiger partial charge in [0.05, 0.1) is 29.6 Å². The molecular weight excluding hydrogens is 452 g/mol. The molecule has 1 N–H and O–H groups in total. The van der Waals surface area contributed by atoms with Crippen LogP contribution in [0.2, 0.25) is 0 Å². The molecule has 2 bridgehead atoms. The molecule has 1 aliphatic heterocycles. The molecule has 2 aliphatic rings. The predicted octanol–water partition coefficient (Wildman–Crippen LogP) is 4.12. The fourth-order valence-electron chi connectivity index (χ4n) is 4.75. The van der Waals surface area contributed by atoms with Crippen molar-refractivity contribution < 1.29 is 22.4 Å². The minimum atomic E-state index is -4.45. The van der Waals surface area contributed by atoms with E-state index in [1.165, 1.54) is 6.07 Å². The number of nitrogens with zero attached hydrogens (tertiary/aromatic N) is 5. The smallest absolute Gasteiger partial charge is 0.365 e. The SMILES string of the molecule is Cc1cnc(C(=O)N2C[C@@H]3C[C@@H](Nc4ccc(C(F)(F)F)cn4)[C@@H]2C3)c(-c2ncc(F)cn2)c1. The van der Waals surface area contributed by atoms with Crippen LogP contribution in [-0.4, -0.2) is 49.4 Å². The highest BCUT2D eigenvalue weighted by atomic mass is 19.4. The second-order valence-electron chi connectivity index (χ2n) is 8.68. The largest absolute Gasteiger partial charge is 0.417 e. The molecule has 34 heavy (non-hydrogen) atoms. The van der Waals surface area contributed by atoms with E-state index in [9.17, 15) is 22.4 Å². The van der Waals surface area contributed by atoms with Gasteiger partial charge in [-0.25, -0.2) is 19.3 Å². The Balaban J connectivity index is 1.37. The van der Waals surface area contributed by atoms with E-state index in [0.29, 0.717) is 17.9 Å². The maximum atomic E-state index is 13.5. The molecule has 1 aliphatic carbocycles. The van der Waals surface area contributed by atoms with Crippen LogP contribution in [0.15, 0.2) is 43.0 Å². The van der Waals surface area contributed by atoms with E-state index in [0.717, 1.165) is 43.1 Å². The number of likely N-dealkylation sites (tertiary alicyclic amines) is 1. The van der Waals surface area contributed by atoms with Gasteiger partial charge in [0.2, 0.25) is 0 Å². The second-order valence-corrected chi connectivity index (χ2v) is 8.68.